The van der Waals surface area contributed by atoms with Crippen LogP contribution in [-0.2, 0) is 5.41 Å². The lowest BCUT2D eigenvalue weighted by Crippen LogP contribution is -2.33. The van der Waals surface area contributed by atoms with Crippen LogP contribution in [0.4, 0.5) is 10.3 Å². The van der Waals surface area contributed by atoms with Gasteiger partial charge in [0.1, 0.15) is 17.6 Å². The molecule has 0 aliphatic carbocycles. The van der Waals surface area contributed by atoms with E-state index < -0.39 is 17.7 Å². The van der Waals surface area contributed by atoms with Crippen LogP contribution in [-0.4, -0.2) is 11.0 Å². The molecule has 2 heterocycles. The van der Waals surface area contributed by atoms with Gasteiger partial charge in [0.05, 0.1) is 17.3 Å². The molecule has 1 aliphatic rings. The molecule has 0 amide bonds. The fraction of sp³-hybridized carbons (Fsp3) is 0.353. The van der Waals surface area contributed by atoms with Gasteiger partial charge in [0.15, 0.2) is 0 Å². The standard InChI is InChI=1S/C17H16ClFN4O/c1-17(2,3)14-13-11(12-9(18)5-4-6-10(12)19)8(7-20)15(21)22-16(13)24-23-14/h4-6,8,11H,1-3H3,(H2,21,22). The van der Waals surface area contributed by atoms with Crippen molar-refractivity contribution in [3.05, 3.63) is 45.9 Å². The Hall–Kier alpha value is -2.39. The molecule has 1 aromatic carbocycles. The Morgan fingerprint density at radius 2 is 2.04 bits per heavy atom. The van der Waals surface area contributed by atoms with Gasteiger partial charge in [-0.05, 0) is 12.1 Å². The number of halogens is 2. The molecule has 0 radical (unpaired) electrons. The van der Waals surface area contributed by atoms with Gasteiger partial charge in [0, 0.05) is 21.9 Å². The first-order valence-corrected chi connectivity index (χ1v) is 7.81. The smallest absolute Gasteiger partial charge is 0.256 e. The minimum absolute atomic E-state index is 0.0610. The Morgan fingerprint density at radius 1 is 1.33 bits per heavy atom. The second-order valence-corrected chi connectivity index (χ2v) is 7.16. The number of nitrogens with zero attached hydrogens (tertiary/aromatic N) is 3. The number of rotatable bonds is 1. The SMILES string of the molecule is CC(C)(C)c1noc2c1C(c1c(F)cccc1Cl)C(C#N)C(N)=N2. The highest BCUT2D eigenvalue weighted by molar-refractivity contribution is 6.31. The maximum Gasteiger partial charge on any atom is 0.256 e. The van der Waals surface area contributed by atoms with E-state index >= 15 is 0 Å². The van der Waals surface area contributed by atoms with Crippen molar-refractivity contribution in [3.63, 3.8) is 0 Å². The first-order valence-electron chi connectivity index (χ1n) is 7.43. The molecule has 0 fully saturated rings. The molecular weight excluding hydrogens is 331 g/mol. The van der Waals surface area contributed by atoms with Crippen LogP contribution in [0.25, 0.3) is 0 Å². The van der Waals surface area contributed by atoms with Gasteiger partial charge < -0.3 is 10.3 Å². The number of nitrogens with two attached hydrogens (primary N) is 1. The molecule has 0 saturated carbocycles. The first kappa shape index (κ1) is 16.5. The molecule has 7 heteroatoms. The Labute approximate surface area is 143 Å². The summed E-state index contributed by atoms with van der Waals surface area (Å²) in [5.41, 5.74) is 6.93. The lowest BCUT2D eigenvalue weighted by Gasteiger charge is -2.28. The van der Waals surface area contributed by atoms with Crippen molar-refractivity contribution in [2.45, 2.75) is 32.1 Å². The Kier molecular flexibility index (Phi) is 3.84. The third-order valence-electron chi connectivity index (χ3n) is 4.06. The summed E-state index contributed by atoms with van der Waals surface area (Å²) in [4.78, 5) is 4.14. The highest BCUT2D eigenvalue weighted by Crippen LogP contribution is 2.48. The number of nitriles is 1. The van der Waals surface area contributed by atoms with Gasteiger partial charge >= 0.3 is 0 Å². The molecule has 2 N–H and O–H groups in total. The molecule has 2 atom stereocenters. The predicted molar refractivity (Wildman–Crippen MR) is 88.8 cm³/mol. The zero-order valence-corrected chi connectivity index (χ0v) is 14.2. The third-order valence-corrected chi connectivity index (χ3v) is 4.39. The highest BCUT2D eigenvalue weighted by Gasteiger charge is 2.42. The number of aromatic nitrogens is 1. The van der Waals surface area contributed by atoms with Crippen molar-refractivity contribution in [2.24, 2.45) is 16.6 Å². The van der Waals surface area contributed by atoms with Crippen LogP contribution in [0.5, 0.6) is 0 Å². The topological polar surface area (TPSA) is 88.2 Å². The molecule has 0 bridgehead atoms. The molecular formula is C17H16ClFN4O. The molecule has 2 unspecified atom stereocenters. The summed E-state index contributed by atoms with van der Waals surface area (Å²) in [6.07, 6.45) is 0. The summed E-state index contributed by atoms with van der Waals surface area (Å²) in [6.45, 7) is 5.86. The zero-order valence-electron chi connectivity index (χ0n) is 13.5. The largest absolute Gasteiger partial charge is 0.386 e. The van der Waals surface area contributed by atoms with Gasteiger partial charge in [-0.3, -0.25) is 0 Å². The number of amidine groups is 1. The first-order chi connectivity index (χ1) is 11.3. The maximum atomic E-state index is 14.6. The van der Waals surface area contributed by atoms with E-state index in [0.717, 1.165) is 0 Å². The molecule has 2 aromatic rings. The molecule has 1 aromatic heterocycles. The van der Waals surface area contributed by atoms with Crippen LogP contribution >= 0.6 is 11.6 Å². The van der Waals surface area contributed by atoms with Crippen molar-refractivity contribution >= 4 is 23.3 Å². The number of aliphatic imine (C=N–C) groups is 1. The number of hydrogen-bond acceptors (Lipinski definition) is 5. The fourth-order valence-electron chi connectivity index (χ4n) is 2.97. The van der Waals surface area contributed by atoms with E-state index in [4.69, 9.17) is 21.9 Å². The fourth-order valence-corrected chi connectivity index (χ4v) is 3.25. The summed E-state index contributed by atoms with van der Waals surface area (Å²) in [5.74, 6) is -1.82. The lowest BCUT2D eigenvalue weighted by molar-refractivity contribution is 0.401. The van der Waals surface area contributed by atoms with Crippen LogP contribution < -0.4 is 5.73 Å². The average Bonchev–Trinajstić information content (AvgIpc) is 2.90. The van der Waals surface area contributed by atoms with Crippen LogP contribution in [0.3, 0.4) is 0 Å². The van der Waals surface area contributed by atoms with Gasteiger partial charge in [0.25, 0.3) is 5.88 Å². The summed E-state index contributed by atoms with van der Waals surface area (Å²) in [5, 5.41) is 13.9. The minimum Gasteiger partial charge on any atom is -0.386 e. The summed E-state index contributed by atoms with van der Waals surface area (Å²) >= 11 is 6.25. The van der Waals surface area contributed by atoms with Crippen molar-refractivity contribution in [3.8, 4) is 6.07 Å². The highest BCUT2D eigenvalue weighted by atomic mass is 35.5. The van der Waals surface area contributed by atoms with Gasteiger partial charge in [-0.2, -0.15) is 10.3 Å². The number of hydrogen-bond donors (Lipinski definition) is 1. The van der Waals surface area contributed by atoms with Crippen LogP contribution in [0.1, 0.15) is 43.5 Å². The molecule has 0 saturated heterocycles. The van der Waals surface area contributed by atoms with E-state index in [1.165, 1.54) is 12.1 Å². The monoisotopic (exact) mass is 346 g/mol. The van der Waals surface area contributed by atoms with E-state index in [2.05, 4.69) is 16.2 Å². The van der Waals surface area contributed by atoms with E-state index in [-0.39, 0.29) is 27.7 Å². The van der Waals surface area contributed by atoms with Crippen molar-refractivity contribution in [1.82, 2.24) is 5.16 Å². The predicted octanol–water partition coefficient (Wildman–Crippen LogP) is 4.04. The van der Waals surface area contributed by atoms with Gasteiger partial charge in [-0.15, -0.1) is 0 Å². The molecule has 1 aliphatic heterocycles. The van der Waals surface area contributed by atoms with Crippen molar-refractivity contribution in [2.75, 3.05) is 0 Å². The van der Waals surface area contributed by atoms with E-state index in [9.17, 15) is 9.65 Å². The maximum absolute atomic E-state index is 14.6. The lowest BCUT2D eigenvalue weighted by atomic mass is 9.75. The Morgan fingerprint density at radius 3 is 2.62 bits per heavy atom. The summed E-state index contributed by atoms with van der Waals surface area (Å²) in [6, 6.07) is 6.52. The van der Waals surface area contributed by atoms with Crippen LogP contribution in [0.2, 0.25) is 5.02 Å². The molecule has 5 nitrogen and oxygen atoms in total. The van der Waals surface area contributed by atoms with E-state index in [0.29, 0.717) is 11.3 Å². The third kappa shape index (κ3) is 2.45. The molecule has 3 rings (SSSR count). The van der Waals surface area contributed by atoms with Crippen LogP contribution in [0, 0.1) is 23.1 Å². The molecule has 124 valence electrons. The minimum atomic E-state index is -0.854. The molecule has 24 heavy (non-hydrogen) atoms. The number of benzene rings is 1. The van der Waals surface area contributed by atoms with Gasteiger partial charge in [-0.1, -0.05) is 43.6 Å². The Balaban J connectivity index is 2.35. The van der Waals surface area contributed by atoms with Crippen molar-refractivity contribution in [1.29, 1.82) is 5.26 Å². The number of fused-ring (bicyclic) bond motifs is 1. The van der Waals surface area contributed by atoms with E-state index in [1.807, 2.05) is 20.8 Å². The second kappa shape index (κ2) is 5.60. The molecule has 0 spiro atoms. The summed E-state index contributed by atoms with van der Waals surface area (Å²) in [7, 11) is 0. The average molecular weight is 347 g/mol. The second-order valence-electron chi connectivity index (χ2n) is 6.76. The summed E-state index contributed by atoms with van der Waals surface area (Å²) < 4.78 is 19.9. The Bertz CT molecular complexity index is 855. The van der Waals surface area contributed by atoms with Gasteiger partial charge in [-0.25, -0.2) is 4.39 Å². The van der Waals surface area contributed by atoms with Crippen LogP contribution in [0.15, 0.2) is 27.7 Å². The van der Waals surface area contributed by atoms with E-state index in [1.54, 1.807) is 6.07 Å². The zero-order chi connectivity index (χ0) is 17.6. The quantitative estimate of drug-likeness (QED) is 0.844. The normalized spacial score (nSPS) is 20.2. The van der Waals surface area contributed by atoms with Gasteiger partial charge in [0.2, 0.25) is 0 Å². The van der Waals surface area contributed by atoms with Crippen molar-refractivity contribution < 1.29 is 8.91 Å².